The van der Waals surface area contributed by atoms with Gasteiger partial charge in [-0.3, -0.25) is 0 Å². The van der Waals surface area contributed by atoms with Crippen LogP contribution in [0.2, 0.25) is 0 Å². The normalized spacial score (nSPS) is 12.9. The Morgan fingerprint density at radius 2 is 1.57 bits per heavy atom. The lowest BCUT2D eigenvalue weighted by Crippen LogP contribution is -2.29. The first-order valence-corrected chi connectivity index (χ1v) is 8.56. The predicted octanol–water partition coefficient (Wildman–Crippen LogP) is 4.78. The summed E-state index contributed by atoms with van der Waals surface area (Å²) in [5.74, 6) is 0.934. The summed E-state index contributed by atoms with van der Waals surface area (Å²) in [5, 5.41) is 3.43. The van der Waals surface area contributed by atoms with E-state index in [9.17, 15) is 0 Å². The first-order chi connectivity index (χ1) is 11.0. The standard InChI is InChI=1S/C21H29NO/c1-5-17(2)22-15-16-23-20-13-11-19(12-14-20)21(3,4)18-9-7-6-8-10-18/h6-14,17,22H,5,15-16H2,1-4H3/t17-/m0/s1. The van der Waals surface area contributed by atoms with Crippen LogP contribution in [-0.2, 0) is 5.41 Å². The summed E-state index contributed by atoms with van der Waals surface area (Å²) in [6.07, 6.45) is 1.14. The summed E-state index contributed by atoms with van der Waals surface area (Å²) in [6, 6.07) is 19.7. The zero-order valence-corrected chi connectivity index (χ0v) is 14.8. The highest BCUT2D eigenvalue weighted by atomic mass is 16.5. The highest BCUT2D eigenvalue weighted by Gasteiger charge is 2.22. The SMILES string of the molecule is CC[C@H](C)NCCOc1ccc(C(C)(C)c2ccccc2)cc1. The largest absolute Gasteiger partial charge is 0.492 e. The van der Waals surface area contributed by atoms with E-state index in [1.54, 1.807) is 0 Å². The molecule has 1 atom stereocenters. The molecule has 0 aliphatic heterocycles. The van der Waals surface area contributed by atoms with Gasteiger partial charge in [0.1, 0.15) is 12.4 Å². The molecule has 0 saturated carbocycles. The van der Waals surface area contributed by atoms with Crippen molar-refractivity contribution in [2.75, 3.05) is 13.2 Å². The Balaban J connectivity index is 1.94. The molecule has 0 amide bonds. The topological polar surface area (TPSA) is 21.3 Å². The van der Waals surface area contributed by atoms with Crippen molar-refractivity contribution < 1.29 is 4.74 Å². The van der Waals surface area contributed by atoms with Gasteiger partial charge in [0.2, 0.25) is 0 Å². The maximum absolute atomic E-state index is 5.81. The molecule has 0 aliphatic carbocycles. The third kappa shape index (κ3) is 4.84. The minimum Gasteiger partial charge on any atom is -0.492 e. The summed E-state index contributed by atoms with van der Waals surface area (Å²) >= 11 is 0. The molecule has 0 bridgehead atoms. The van der Waals surface area contributed by atoms with Gasteiger partial charge in [0, 0.05) is 18.0 Å². The van der Waals surface area contributed by atoms with Crippen LogP contribution in [0.15, 0.2) is 54.6 Å². The van der Waals surface area contributed by atoms with Crippen LogP contribution in [0.5, 0.6) is 5.75 Å². The number of ether oxygens (including phenoxy) is 1. The first kappa shape index (κ1) is 17.6. The van der Waals surface area contributed by atoms with Crippen LogP contribution in [-0.4, -0.2) is 19.2 Å². The van der Waals surface area contributed by atoms with Crippen molar-refractivity contribution in [2.45, 2.75) is 45.6 Å². The molecular formula is C21H29NO. The molecule has 2 aromatic rings. The Bertz CT molecular complexity index is 575. The molecular weight excluding hydrogens is 282 g/mol. The zero-order valence-electron chi connectivity index (χ0n) is 14.8. The van der Waals surface area contributed by atoms with Gasteiger partial charge >= 0.3 is 0 Å². The smallest absolute Gasteiger partial charge is 0.119 e. The van der Waals surface area contributed by atoms with E-state index in [0.717, 1.165) is 18.7 Å². The molecule has 23 heavy (non-hydrogen) atoms. The molecule has 124 valence electrons. The van der Waals surface area contributed by atoms with Gasteiger partial charge in [-0.25, -0.2) is 0 Å². The van der Waals surface area contributed by atoms with E-state index in [1.165, 1.54) is 11.1 Å². The van der Waals surface area contributed by atoms with Crippen molar-refractivity contribution in [3.05, 3.63) is 65.7 Å². The van der Waals surface area contributed by atoms with Crippen LogP contribution in [0.4, 0.5) is 0 Å². The van der Waals surface area contributed by atoms with Gasteiger partial charge in [-0.15, -0.1) is 0 Å². The summed E-state index contributed by atoms with van der Waals surface area (Å²) in [4.78, 5) is 0. The molecule has 0 heterocycles. The van der Waals surface area contributed by atoms with E-state index in [1.807, 2.05) is 0 Å². The Morgan fingerprint density at radius 1 is 0.957 bits per heavy atom. The van der Waals surface area contributed by atoms with E-state index in [4.69, 9.17) is 4.74 Å². The fraction of sp³-hybridized carbons (Fsp3) is 0.429. The summed E-state index contributed by atoms with van der Waals surface area (Å²) in [6.45, 7) is 10.5. The summed E-state index contributed by atoms with van der Waals surface area (Å²) in [7, 11) is 0. The summed E-state index contributed by atoms with van der Waals surface area (Å²) < 4.78 is 5.81. The van der Waals surface area contributed by atoms with E-state index >= 15 is 0 Å². The van der Waals surface area contributed by atoms with E-state index in [0.29, 0.717) is 12.6 Å². The maximum Gasteiger partial charge on any atom is 0.119 e. The Kier molecular flexibility index (Phi) is 6.23. The molecule has 0 aromatic heterocycles. The van der Waals surface area contributed by atoms with Crippen LogP contribution >= 0.6 is 0 Å². The minimum absolute atomic E-state index is 0.00208. The fourth-order valence-corrected chi connectivity index (χ4v) is 2.61. The van der Waals surface area contributed by atoms with Crippen molar-refractivity contribution in [1.82, 2.24) is 5.32 Å². The van der Waals surface area contributed by atoms with E-state index in [2.05, 4.69) is 87.6 Å². The second-order valence-electron chi connectivity index (χ2n) is 6.63. The second kappa shape index (κ2) is 8.16. The van der Waals surface area contributed by atoms with E-state index < -0.39 is 0 Å². The number of benzene rings is 2. The number of nitrogens with one attached hydrogen (secondary N) is 1. The number of hydrogen-bond donors (Lipinski definition) is 1. The molecule has 1 N–H and O–H groups in total. The van der Waals surface area contributed by atoms with Crippen LogP contribution in [0, 0.1) is 0 Å². The van der Waals surface area contributed by atoms with Gasteiger partial charge in [0.25, 0.3) is 0 Å². The van der Waals surface area contributed by atoms with Crippen molar-refractivity contribution in [2.24, 2.45) is 0 Å². The first-order valence-electron chi connectivity index (χ1n) is 8.56. The Labute approximate surface area is 140 Å². The van der Waals surface area contributed by atoms with Crippen molar-refractivity contribution in [3.8, 4) is 5.75 Å². The molecule has 0 radical (unpaired) electrons. The molecule has 2 aromatic carbocycles. The highest BCUT2D eigenvalue weighted by Crippen LogP contribution is 2.32. The zero-order chi connectivity index (χ0) is 16.7. The number of rotatable bonds is 8. The molecule has 2 rings (SSSR count). The quantitative estimate of drug-likeness (QED) is 0.708. The van der Waals surface area contributed by atoms with E-state index in [-0.39, 0.29) is 5.41 Å². The van der Waals surface area contributed by atoms with Crippen LogP contribution in [0.25, 0.3) is 0 Å². The fourth-order valence-electron chi connectivity index (χ4n) is 2.61. The van der Waals surface area contributed by atoms with Gasteiger partial charge in [0.05, 0.1) is 0 Å². The molecule has 0 unspecified atom stereocenters. The highest BCUT2D eigenvalue weighted by molar-refractivity contribution is 5.39. The average Bonchev–Trinajstić information content (AvgIpc) is 2.59. The van der Waals surface area contributed by atoms with Crippen LogP contribution in [0.3, 0.4) is 0 Å². The predicted molar refractivity (Wildman–Crippen MR) is 98.3 cm³/mol. The van der Waals surface area contributed by atoms with Crippen molar-refractivity contribution in [3.63, 3.8) is 0 Å². The van der Waals surface area contributed by atoms with Crippen molar-refractivity contribution >= 4 is 0 Å². The van der Waals surface area contributed by atoms with Crippen molar-refractivity contribution in [1.29, 1.82) is 0 Å². The molecule has 0 aliphatic rings. The lowest BCUT2D eigenvalue weighted by molar-refractivity contribution is 0.306. The molecule has 0 spiro atoms. The molecule has 2 nitrogen and oxygen atoms in total. The number of hydrogen-bond acceptors (Lipinski definition) is 2. The molecule has 0 fully saturated rings. The maximum atomic E-state index is 5.81. The second-order valence-corrected chi connectivity index (χ2v) is 6.63. The van der Waals surface area contributed by atoms with Crippen LogP contribution in [0.1, 0.15) is 45.2 Å². The molecule has 0 saturated heterocycles. The van der Waals surface area contributed by atoms with Gasteiger partial charge in [0.15, 0.2) is 0 Å². The van der Waals surface area contributed by atoms with Gasteiger partial charge < -0.3 is 10.1 Å². The van der Waals surface area contributed by atoms with Gasteiger partial charge in [-0.1, -0.05) is 63.2 Å². The third-order valence-electron chi connectivity index (χ3n) is 4.55. The monoisotopic (exact) mass is 311 g/mol. The van der Waals surface area contributed by atoms with Gasteiger partial charge in [-0.2, -0.15) is 0 Å². The lowest BCUT2D eigenvalue weighted by Gasteiger charge is -2.26. The molecule has 2 heteroatoms. The lowest BCUT2D eigenvalue weighted by atomic mass is 9.78. The minimum atomic E-state index is -0.00208. The van der Waals surface area contributed by atoms with Crippen LogP contribution < -0.4 is 10.1 Å². The Hall–Kier alpha value is -1.80. The third-order valence-corrected chi connectivity index (χ3v) is 4.55. The Morgan fingerprint density at radius 3 is 2.17 bits per heavy atom. The average molecular weight is 311 g/mol. The van der Waals surface area contributed by atoms with Gasteiger partial charge in [-0.05, 0) is 36.6 Å². The summed E-state index contributed by atoms with van der Waals surface area (Å²) in [5.41, 5.74) is 2.62.